The fraction of sp³-hybridized carbons (Fsp3) is 0.526. The summed E-state index contributed by atoms with van der Waals surface area (Å²) in [6.07, 6.45) is 3.66. The summed E-state index contributed by atoms with van der Waals surface area (Å²) in [5.74, 6) is 1.43. The van der Waals surface area contributed by atoms with Crippen molar-refractivity contribution >= 4 is 29.1 Å². The Morgan fingerprint density at radius 3 is 2.57 bits per heavy atom. The molecule has 2 heterocycles. The van der Waals surface area contributed by atoms with Gasteiger partial charge in [-0.1, -0.05) is 23.2 Å². The van der Waals surface area contributed by atoms with Crippen LogP contribution < -0.4 is 10.4 Å². The Bertz CT molecular complexity index is 943. The minimum atomic E-state index is -0.0786. The van der Waals surface area contributed by atoms with E-state index < -0.39 is 0 Å². The quantitative estimate of drug-likeness (QED) is 0.739. The summed E-state index contributed by atoms with van der Waals surface area (Å²) in [6, 6.07) is 5.21. The second kappa shape index (κ2) is 7.79. The van der Waals surface area contributed by atoms with Crippen molar-refractivity contribution in [3.63, 3.8) is 0 Å². The average Bonchev–Trinajstić information content (AvgIpc) is 3.47. The number of carbonyl (C=O) groups excluding carboxylic acids is 1. The molecule has 1 aromatic carbocycles. The van der Waals surface area contributed by atoms with Crippen molar-refractivity contribution in [2.24, 2.45) is 7.05 Å². The molecule has 1 aromatic heterocycles. The number of likely N-dealkylation sites (tertiary alicyclic amines) is 1. The first-order valence-corrected chi connectivity index (χ1v) is 10.2. The lowest BCUT2D eigenvalue weighted by molar-refractivity contribution is -0.134. The number of aromatic nitrogens is 3. The van der Waals surface area contributed by atoms with Crippen molar-refractivity contribution in [1.29, 1.82) is 0 Å². The Morgan fingerprint density at radius 1 is 1.21 bits per heavy atom. The van der Waals surface area contributed by atoms with Gasteiger partial charge in [-0.3, -0.25) is 9.36 Å². The fourth-order valence-corrected chi connectivity index (χ4v) is 4.13. The zero-order valence-electron chi connectivity index (χ0n) is 15.6. The van der Waals surface area contributed by atoms with Gasteiger partial charge in [-0.2, -0.15) is 5.10 Å². The maximum absolute atomic E-state index is 12.5. The monoisotopic (exact) mass is 424 g/mol. The first-order valence-electron chi connectivity index (χ1n) is 9.45. The lowest BCUT2D eigenvalue weighted by Gasteiger charge is -2.31. The molecule has 7 nitrogen and oxygen atoms in total. The zero-order valence-corrected chi connectivity index (χ0v) is 17.1. The number of rotatable bonds is 5. The number of hydrogen-bond acceptors (Lipinski definition) is 4. The van der Waals surface area contributed by atoms with Crippen molar-refractivity contribution in [3.05, 3.63) is 44.6 Å². The molecule has 1 saturated heterocycles. The highest BCUT2D eigenvalue weighted by molar-refractivity contribution is 6.35. The second-order valence-electron chi connectivity index (χ2n) is 7.38. The smallest absolute Gasteiger partial charge is 0.345 e. The predicted octanol–water partition coefficient (Wildman–Crippen LogP) is 3.01. The Labute approximate surface area is 172 Å². The third-order valence-corrected chi connectivity index (χ3v) is 5.88. The Morgan fingerprint density at radius 2 is 1.93 bits per heavy atom. The molecule has 1 saturated carbocycles. The molecule has 2 aliphatic rings. The SMILES string of the molecule is Cn1nc(C2CCN(C(=O)COc3ccc(Cl)cc3Cl)CC2)n(C2CC2)c1=O. The molecule has 1 aliphatic heterocycles. The lowest BCUT2D eigenvalue weighted by atomic mass is 9.96. The van der Waals surface area contributed by atoms with Gasteiger partial charge in [0, 0.05) is 37.1 Å². The van der Waals surface area contributed by atoms with Gasteiger partial charge in [-0.05, 0) is 43.9 Å². The normalized spacial score (nSPS) is 17.8. The molecule has 0 atom stereocenters. The second-order valence-corrected chi connectivity index (χ2v) is 8.23. The van der Waals surface area contributed by atoms with Crippen LogP contribution in [0.5, 0.6) is 5.75 Å². The summed E-state index contributed by atoms with van der Waals surface area (Å²) >= 11 is 11.9. The van der Waals surface area contributed by atoms with E-state index in [1.165, 1.54) is 4.68 Å². The van der Waals surface area contributed by atoms with E-state index in [1.54, 1.807) is 30.1 Å². The van der Waals surface area contributed by atoms with Gasteiger partial charge in [-0.25, -0.2) is 9.48 Å². The number of ether oxygens (including phenoxy) is 1. The van der Waals surface area contributed by atoms with Crippen LogP contribution in [0.2, 0.25) is 10.0 Å². The molecule has 0 radical (unpaired) electrons. The Kier molecular flexibility index (Phi) is 5.38. The van der Waals surface area contributed by atoms with E-state index in [1.807, 2.05) is 4.57 Å². The van der Waals surface area contributed by atoms with Crippen molar-refractivity contribution in [1.82, 2.24) is 19.2 Å². The third-order valence-electron chi connectivity index (χ3n) is 5.35. The highest BCUT2D eigenvalue weighted by Crippen LogP contribution is 2.37. The molecule has 28 heavy (non-hydrogen) atoms. The van der Waals surface area contributed by atoms with E-state index in [2.05, 4.69) is 5.10 Å². The molecule has 2 aromatic rings. The predicted molar refractivity (Wildman–Crippen MR) is 106 cm³/mol. The number of nitrogens with zero attached hydrogens (tertiary/aromatic N) is 4. The molecule has 0 unspecified atom stereocenters. The van der Waals surface area contributed by atoms with Crippen LogP contribution >= 0.6 is 23.2 Å². The van der Waals surface area contributed by atoms with Crippen LogP contribution in [0.25, 0.3) is 0 Å². The van der Waals surface area contributed by atoms with E-state index in [0.29, 0.717) is 34.9 Å². The highest BCUT2D eigenvalue weighted by atomic mass is 35.5. The van der Waals surface area contributed by atoms with Crippen molar-refractivity contribution in [3.8, 4) is 5.75 Å². The minimum Gasteiger partial charge on any atom is -0.482 e. The van der Waals surface area contributed by atoms with E-state index in [0.717, 1.165) is 31.5 Å². The van der Waals surface area contributed by atoms with Gasteiger partial charge in [0.1, 0.15) is 11.6 Å². The number of aryl methyl sites for hydroxylation is 1. The Balaban J connectivity index is 1.35. The van der Waals surface area contributed by atoms with Crippen molar-refractivity contribution in [2.45, 2.75) is 37.6 Å². The standard InChI is InChI=1S/C19H22Cl2N4O3/c1-23-19(27)25(14-3-4-14)18(22-23)12-6-8-24(9-7-12)17(26)11-28-16-5-2-13(20)10-15(16)21/h2,5,10,12,14H,3-4,6-9,11H2,1H3. The number of halogens is 2. The maximum atomic E-state index is 12.5. The van der Waals surface area contributed by atoms with Crippen molar-refractivity contribution < 1.29 is 9.53 Å². The van der Waals surface area contributed by atoms with E-state index in [4.69, 9.17) is 27.9 Å². The van der Waals surface area contributed by atoms with Gasteiger partial charge in [0.25, 0.3) is 5.91 Å². The molecule has 2 fully saturated rings. The summed E-state index contributed by atoms with van der Waals surface area (Å²) in [5, 5.41) is 5.37. The molecule has 150 valence electrons. The summed E-state index contributed by atoms with van der Waals surface area (Å²) in [6.45, 7) is 1.18. The molecular weight excluding hydrogens is 403 g/mol. The molecule has 0 N–H and O–H groups in total. The van der Waals surface area contributed by atoms with E-state index >= 15 is 0 Å². The van der Waals surface area contributed by atoms with Gasteiger partial charge >= 0.3 is 5.69 Å². The molecule has 9 heteroatoms. The lowest BCUT2D eigenvalue weighted by Crippen LogP contribution is -2.41. The number of piperidine rings is 1. The number of carbonyl (C=O) groups is 1. The van der Waals surface area contributed by atoms with E-state index in [-0.39, 0.29) is 24.1 Å². The van der Waals surface area contributed by atoms with Gasteiger partial charge in [0.05, 0.1) is 5.02 Å². The average molecular weight is 425 g/mol. The van der Waals surface area contributed by atoms with Crippen LogP contribution in [0.4, 0.5) is 0 Å². The topological polar surface area (TPSA) is 69.4 Å². The number of amides is 1. The largest absolute Gasteiger partial charge is 0.482 e. The van der Waals surface area contributed by atoms with Crippen LogP contribution in [0, 0.1) is 0 Å². The fourth-order valence-electron chi connectivity index (χ4n) is 3.66. The van der Waals surface area contributed by atoms with Crippen LogP contribution in [-0.2, 0) is 11.8 Å². The zero-order chi connectivity index (χ0) is 19.8. The van der Waals surface area contributed by atoms with Gasteiger partial charge in [-0.15, -0.1) is 0 Å². The van der Waals surface area contributed by atoms with Crippen LogP contribution in [0.15, 0.2) is 23.0 Å². The highest BCUT2D eigenvalue weighted by Gasteiger charge is 2.34. The number of benzene rings is 1. The van der Waals surface area contributed by atoms with E-state index in [9.17, 15) is 9.59 Å². The molecule has 1 aliphatic carbocycles. The molecule has 0 spiro atoms. The summed E-state index contributed by atoms with van der Waals surface area (Å²) in [4.78, 5) is 26.6. The minimum absolute atomic E-state index is 0.0377. The van der Waals surface area contributed by atoms with Crippen LogP contribution in [-0.4, -0.2) is 44.9 Å². The summed E-state index contributed by atoms with van der Waals surface area (Å²) in [7, 11) is 1.70. The van der Waals surface area contributed by atoms with Crippen LogP contribution in [0.3, 0.4) is 0 Å². The maximum Gasteiger partial charge on any atom is 0.345 e. The van der Waals surface area contributed by atoms with Crippen LogP contribution in [0.1, 0.15) is 43.5 Å². The molecular formula is C19H22Cl2N4O3. The Hall–Kier alpha value is -1.99. The molecule has 1 amide bonds. The first-order chi connectivity index (χ1) is 13.4. The molecule has 4 rings (SSSR count). The van der Waals surface area contributed by atoms with Gasteiger partial charge in [0.2, 0.25) is 0 Å². The summed E-state index contributed by atoms with van der Waals surface area (Å²) in [5.41, 5.74) is -0.0377. The summed E-state index contributed by atoms with van der Waals surface area (Å²) < 4.78 is 8.83. The third kappa shape index (κ3) is 3.91. The van der Waals surface area contributed by atoms with Gasteiger partial charge < -0.3 is 9.64 Å². The number of hydrogen-bond donors (Lipinski definition) is 0. The first kappa shape index (κ1) is 19.3. The molecule has 0 bridgehead atoms. The van der Waals surface area contributed by atoms with Gasteiger partial charge in [0.15, 0.2) is 6.61 Å². The van der Waals surface area contributed by atoms with Crippen molar-refractivity contribution in [2.75, 3.05) is 19.7 Å².